The van der Waals surface area contributed by atoms with Gasteiger partial charge in [0.15, 0.2) is 0 Å². The van der Waals surface area contributed by atoms with Crippen LogP contribution in [0.4, 0.5) is 5.69 Å². The van der Waals surface area contributed by atoms with Gasteiger partial charge in [0.25, 0.3) is 0 Å². The van der Waals surface area contributed by atoms with E-state index in [0.717, 1.165) is 28.8 Å². The lowest BCUT2D eigenvalue weighted by molar-refractivity contribution is -0.120. The minimum absolute atomic E-state index is 0.00934. The zero-order valence-corrected chi connectivity index (χ0v) is 17.3. The second-order valence-corrected chi connectivity index (χ2v) is 9.39. The highest BCUT2D eigenvalue weighted by atomic mass is 32.2. The summed E-state index contributed by atoms with van der Waals surface area (Å²) in [5.74, 6) is -0.165. The van der Waals surface area contributed by atoms with Crippen LogP contribution in [0.1, 0.15) is 36.5 Å². The normalized spacial score (nSPS) is 16.1. The first-order valence-corrected chi connectivity index (χ1v) is 11.4. The molecule has 0 atom stereocenters. The van der Waals surface area contributed by atoms with Crippen LogP contribution in [0.25, 0.3) is 0 Å². The average molecular weight is 401 g/mol. The van der Waals surface area contributed by atoms with Gasteiger partial charge in [-0.05, 0) is 43.4 Å². The molecular weight excluding hydrogens is 372 g/mol. The molecule has 28 heavy (non-hydrogen) atoms. The molecule has 1 amide bonds. The standard InChI is InChI=1S/C22H28N2O3S/c1-3-19-9-4-5-10-21(19)23-22(25)20-11-13-24(14-12-20)28(26,27)16-18-8-6-7-17(2)15-18/h4-10,15,20H,3,11-14,16H2,1-2H3,(H,23,25). The Kier molecular flexibility index (Phi) is 6.52. The predicted molar refractivity (Wildman–Crippen MR) is 113 cm³/mol. The first kappa shape index (κ1) is 20.6. The van der Waals surface area contributed by atoms with Crippen LogP contribution >= 0.6 is 0 Å². The van der Waals surface area contributed by atoms with Gasteiger partial charge in [-0.15, -0.1) is 0 Å². The van der Waals surface area contributed by atoms with Gasteiger partial charge in [0, 0.05) is 24.7 Å². The molecule has 1 aliphatic heterocycles. The SMILES string of the molecule is CCc1ccccc1NC(=O)C1CCN(S(=O)(=O)Cc2cccc(C)c2)CC1. The van der Waals surface area contributed by atoms with Crippen molar-refractivity contribution in [2.45, 2.75) is 38.9 Å². The maximum atomic E-state index is 12.7. The fourth-order valence-corrected chi connectivity index (χ4v) is 5.24. The van der Waals surface area contributed by atoms with Gasteiger partial charge in [0.1, 0.15) is 0 Å². The fraction of sp³-hybridized carbons (Fsp3) is 0.409. The van der Waals surface area contributed by atoms with Crippen molar-refractivity contribution in [1.82, 2.24) is 4.31 Å². The number of rotatable bonds is 6. The third kappa shape index (κ3) is 5.00. The molecule has 6 heteroatoms. The van der Waals surface area contributed by atoms with Crippen LogP contribution < -0.4 is 5.32 Å². The van der Waals surface area contributed by atoms with Crippen LogP contribution in [0.5, 0.6) is 0 Å². The Bertz CT molecular complexity index is 932. The van der Waals surface area contributed by atoms with Crippen LogP contribution in [0.2, 0.25) is 0 Å². The largest absolute Gasteiger partial charge is 0.326 e. The van der Waals surface area contributed by atoms with Crippen molar-refractivity contribution >= 4 is 21.6 Å². The Balaban J connectivity index is 1.58. The quantitative estimate of drug-likeness (QED) is 0.803. The number of aryl methyl sites for hydroxylation is 2. The van der Waals surface area contributed by atoms with Crippen molar-refractivity contribution < 1.29 is 13.2 Å². The molecule has 0 bridgehead atoms. The molecule has 0 radical (unpaired) electrons. The number of nitrogens with one attached hydrogen (secondary N) is 1. The first-order chi connectivity index (χ1) is 13.4. The Morgan fingerprint density at radius 2 is 1.82 bits per heavy atom. The van der Waals surface area contributed by atoms with Gasteiger partial charge in [-0.25, -0.2) is 12.7 Å². The summed E-state index contributed by atoms with van der Waals surface area (Å²) in [4.78, 5) is 12.6. The molecule has 0 spiro atoms. The number of amides is 1. The zero-order chi connectivity index (χ0) is 20.1. The molecule has 1 N–H and O–H groups in total. The molecular formula is C22H28N2O3S. The molecule has 1 saturated heterocycles. The van der Waals surface area contributed by atoms with E-state index in [0.29, 0.717) is 25.9 Å². The molecule has 0 unspecified atom stereocenters. The average Bonchev–Trinajstić information content (AvgIpc) is 2.68. The van der Waals surface area contributed by atoms with Crippen molar-refractivity contribution in [3.05, 3.63) is 65.2 Å². The molecule has 0 saturated carbocycles. The number of carbonyl (C=O) groups excluding carboxylic acids is 1. The third-order valence-corrected chi connectivity index (χ3v) is 7.16. The molecule has 1 heterocycles. The van der Waals surface area contributed by atoms with Crippen molar-refractivity contribution in [3.63, 3.8) is 0 Å². The van der Waals surface area contributed by atoms with Gasteiger partial charge in [0.05, 0.1) is 5.75 Å². The first-order valence-electron chi connectivity index (χ1n) is 9.81. The van der Waals surface area contributed by atoms with Gasteiger partial charge in [-0.3, -0.25) is 4.79 Å². The van der Waals surface area contributed by atoms with Crippen molar-refractivity contribution in [2.75, 3.05) is 18.4 Å². The summed E-state index contributed by atoms with van der Waals surface area (Å²) in [5, 5.41) is 3.02. The number of hydrogen-bond acceptors (Lipinski definition) is 3. The van der Waals surface area contributed by atoms with E-state index in [1.165, 1.54) is 4.31 Å². The number of sulfonamides is 1. The highest BCUT2D eigenvalue weighted by Crippen LogP contribution is 2.24. The lowest BCUT2D eigenvalue weighted by Crippen LogP contribution is -2.41. The molecule has 150 valence electrons. The number of piperidine rings is 1. The molecule has 2 aromatic carbocycles. The summed E-state index contributed by atoms with van der Waals surface area (Å²) in [5.41, 5.74) is 3.81. The summed E-state index contributed by atoms with van der Waals surface area (Å²) in [6.07, 6.45) is 1.95. The van der Waals surface area contributed by atoms with Gasteiger partial charge in [-0.1, -0.05) is 55.0 Å². The van der Waals surface area contributed by atoms with Crippen LogP contribution in [-0.4, -0.2) is 31.7 Å². The molecule has 5 nitrogen and oxygen atoms in total. The molecule has 1 fully saturated rings. The topological polar surface area (TPSA) is 66.5 Å². The second-order valence-electron chi connectivity index (χ2n) is 7.42. The Labute approximate surface area is 167 Å². The van der Waals surface area contributed by atoms with Crippen LogP contribution in [0.15, 0.2) is 48.5 Å². The van der Waals surface area contributed by atoms with Crippen molar-refractivity contribution in [3.8, 4) is 0 Å². The number of para-hydroxylation sites is 1. The Morgan fingerprint density at radius 1 is 1.11 bits per heavy atom. The maximum Gasteiger partial charge on any atom is 0.227 e. The van der Waals surface area contributed by atoms with Gasteiger partial charge in [0.2, 0.25) is 15.9 Å². The number of carbonyl (C=O) groups is 1. The Hall–Kier alpha value is -2.18. The molecule has 0 aromatic heterocycles. The van der Waals surface area contributed by atoms with E-state index < -0.39 is 10.0 Å². The number of nitrogens with zero attached hydrogens (tertiary/aromatic N) is 1. The van der Waals surface area contributed by atoms with Crippen molar-refractivity contribution in [2.24, 2.45) is 5.92 Å². The summed E-state index contributed by atoms with van der Waals surface area (Å²) in [6.45, 7) is 4.79. The van der Waals surface area contributed by atoms with Crippen LogP contribution in [0, 0.1) is 12.8 Å². The lowest BCUT2D eigenvalue weighted by Gasteiger charge is -2.30. The third-order valence-electron chi connectivity index (χ3n) is 5.31. The minimum Gasteiger partial charge on any atom is -0.326 e. The molecule has 2 aromatic rings. The van der Waals surface area contributed by atoms with E-state index in [9.17, 15) is 13.2 Å². The lowest BCUT2D eigenvalue weighted by atomic mass is 9.97. The fourth-order valence-electron chi connectivity index (χ4n) is 3.69. The highest BCUT2D eigenvalue weighted by molar-refractivity contribution is 7.88. The summed E-state index contributed by atoms with van der Waals surface area (Å²) < 4.78 is 27.0. The second kappa shape index (κ2) is 8.88. The van der Waals surface area contributed by atoms with Gasteiger partial charge >= 0.3 is 0 Å². The van der Waals surface area contributed by atoms with Crippen LogP contribution in [0.3, 0.4) is 0 Å². The smallest absolute Gasteiger partial charge is 0.227 e. The highest BCUT2D eigenvalue weighted by Gasteiger charge is 2.31. The molecule has 3 rings (SSSR count). The number of benzene rings is 2. The van der Waals surface area contributed by atoms with E-state index in [1.54, 1.807) is 0 Å². The van der Waals surface area contributed by atoms with E-state index in [4.69, 9.17) is 0 Å². The minimum atomic E-state index is -3.37. The van der Waals surface area contributed by atoms with Gasteiger partial charge in [-0.2, -0.15) is 0 Å². The van der Waals surface area contributed by atoms with Crippen molar-refractivity contribution in [1.29, 1.82) is 0 Å². The zero-order valence-electron chi connectivity index (χ0n) is 16.5. The van der Waals surface area contributed by atoms with E-state index >= 15 is 0 Å². The monoisotopic (exact) mass is 400 g/mol. The maximum absolute atomic E-state index is 12.7. The van der Waals surface area contributed by atoms with Crippen LogP contribution in [-0.2, 0) is 27.0 Å². The molecule has 1 aliphatic rings. The number of hydrogen-bond donors (Lipinski definition) is 1. The van der Waals surface area contributed by atoms with E-state index in [2.05, 4.69) is 12.2 Å². The summed E-state index contributed by atoms with van der Waals surface area (Å²) in [6, 6.07) is 15.4. The predicted octanol–water partition coefficient (Wildman–Crippen LogP) is 3.74. The molecule has 0 aliphatic carbocycles. The van der Waals surface area contributed by atoms with E-state index in [-0.39, 0.29) is 17.6 Å². The van der Waals surface area contributed by atoms with Gasteiger partial charge < -0.3 is 5.32 Å². The summed E-state index contributed by atoms with van der Waals surface area (Å²) in [7, 11) is -3.37. The van der Waals surface area contributed by atoms with E-state index in [1.807, 2.05) is 55.5 Å². The Morgan fingerprint density at radius 3 is 2.50 bits per heavy atom. The summed E-state index contributed by atoms with van der Waals surface area (Å²) >= 11 is 0. The number of anilines is 1.